The van der Waals surface area contributed by atoms with E-state index in [4.69, 9.17) is 11.6 Å². The zero-order valence-corrected chi connectivity index (χ0v) is 13.3. The maximum absolute atomic E-state index is 12.3. The first-order valence-electron chi connectivity index (χ1n) is 6.38. The zero-order chi connectivity index (χ0) is 15.3. The molecule has 112 valence electrons. The number of hydrogen-bond donors (Lipinski definition) is 1. The van der Waals surface area contributed by atoms with Crippen LogP contribution < -0.4 is 5.32 Å². The van der Waals surface area contributed by atoms with Crippen molar-refractivity contribution in [2.45, 2.75) is 31.0 Å². The first-order chi connectivity index (χ1) is 9.32. The van der Waals surface area contributed by atoms with Crippen molar-refractivity contribution in [1.82, 2.24) is 4.31 Å². The summed E-state index contributed by atoms with van der Waals surface area (Å²) in [6.45, 7) is 5.98. The number of nitrogens with one attached hydrogen (secondary N) is 1. The number of nitrogens with zero attached hydrogens (tertiary/aromatic N) is 1. The molecular weight excluding hydrogens is 300 g/mol. The molecule has 0 aliphatic heterocycles. The molecule has 1 amide bonds. The molecule has 0 aromatic heterocycles. The minimum absolute atomic E-state index is 0.207. The number of carbonyl (C=O) groups excluding carboxylic acids is 1. The van der Waals surface area contributed by atoms with Crippen molar-refractivity contribution in [3.63, 3.8) is 0 Å². The van der Waals surface area contributed by atoms with Crippen LogP contribution in [0.2, 0.25) is 0 Å². The van der Waals surface area contributed by atoms with E-state index in [0.717, 1.165) is 0 Å². The van der Waals surface area contributed by atoms with E-state index in [1.165, 1.54) is 16.4 Å². The van der Waals surface area contributed by atoms with Crippen molar-refractivity contribution in [2.75, 3.05) is 18.4 Å². The summed E-state index contributed by atoms with van der Waals surface area (Å²) in [5, 5.41) is 1.95. The Morgan fingerprint density at radius 2 is 1.75 bits per heavy atom. The number of hydrogen-bond acceptors (Lipinski definition) is 3. The highest BCUT2D eigenvalue weighted by Crippen LogP contribution is 2.18. The fraction of sp³-hybridized carbons (Fsp3) is 0.462. The van der Waals surface area contributed by atoms with E-state index in [-0.39, 0.29) is 10.8 Å². The number of amides is 1. The van der Waals surface area contributed by atoms with E-state index in [9.17, 15) is 13.2 Å². The normalized spacial score (nSPS) is 13.2. The van der Waals surface area contributed by atoms with Gasteiger partial charge in [-0.15, -0.1) is 11.6 Å². The quantitative estimate of drug-likeness (QED) is 0.818. The van der Waals surface area contributed by atoms with Gasteiger partial charge in [-0.25, -0.2) is 8.42 Å². The summed E-state index contributed by atoms with van der Waals surface area (Å²) >= 11 is 5.65. The largest absolute Gasteiger partial charge is 0.325 e. The Bertz CT molecular complexity index is 551. The third kappa shape index (κ3) is 3.94. The molecule has 0 bridgehead atoms. The van der Waals surface area contributed by atoms with E-state index in [1.54, 1.807) is 32.9 Å². The van der Waals surface area contributed by atoms with Gasteiger partial charge in [-0.1, -0.05) is 13.8 Å². The molecule has 0 radical (unpaired) electrons. The summed E-state index contributed by atoms with van der Waals surface area (Å²) in [5.41, 5.74) is 0.515. The molecule has 1 aromatic carbocycles. The molecule has 7 heteroatoms. The van der Waals surface area contributed by atoms with Gasteiger partial charge in [-0.2, -0.15) is 4.31 Å². The van der Waals surface area contributed by atoms with Crippen molar-refractivity contribution in [3.05, 3.63) is 24.3 Å². The molecule has 1 aromatic rings. The van der Waals surface area contributed by atoms with E-state index < -0.39 is 15.4 Å². The van der Waals surface area contributed by atoms with Gasteiger partial charge in [0.15, 0.2) is 0 Å². The van der Waals surface area contributed by atoms with Crippen LogP contribution in [0.1, 0.15) is 20.8 Å². The lowest BCUT2D eigenvalue weighted by Gasteiger charge is -2.18. The average Bonchev–Trinajstić information content (AvgIpc) is 2.40. The average molecular weight is 319 g/mol. The lowest BCUT2D eigenvalue weighted by Crippen LogP contribution is -2.30. The summed E-state index contributed by atoms with van der Waals surface area (Å²) in [6.07, 6.45) is 0. The summed E-state index contributed by atoms with van der Waals surface area (Å²) in [4.78, 5) is 11.6. The van der Waals surface area contributed by atoms with Crippen LogP contribution in [0, 0.1) is 0 Å². The number of halogens is 1. The Kier molecular flexibility index (Phi) is 5.98. The number of rotatable bonds is 6. The number of sulfonamides is 1. The highest BCUT2D eigenvalue weighted by Gasteiger charge is 2.21. The predicted octanol–water partition coefficient (Wildman–Crippen LogP) is 2.28. The van der Waals surface area contributed by atoms with Gasteiger partial charge in [0.2, 0.25) is 15.9 Å². The molecular formula is C13H19ClN2O3S. The molecule has 1 atom stereocenters. The molecule has 1 rings (SSSR count). The molecule has 0 saturated heterocycles. The van der Waals surface area contributed by atoms with Gasteiger partial charge in [0.1, 0.15) is 5.38 Å². The third-order valence-corrected chi connectivity index (χ3v) is 5.09. The first kappa shape index (κ1) is 16.9. The Morgan fingerprint density at radius 1 is 1.25 bits per heavy atom. The zero-order valence-electron chi connectivity index (χ0n) is 11.8. The molecule has 0 unspecified atom stereocenters. The Morgan fingerprint density at radius 3 is 2.15 bits per heavy atom. The smallest absolute Gasteiger partial charge is 0.243 e. The van der Waals surface area contributed by atoms with Crippen molar-refractivity contribution in [1.29, 1.82) is 0 Å². The van der Waals surface area contributed by atoms with Gasteiger partial charge in [0.25, 0.3) is 0 Å². The maximum atomic E-state index is 12.3. The lowest BCUT2D eigenvalue weighted by atomic mass is 10.3. The molecule has 0 heterocycles. The van der Waals surface area contributed by atoms with Gasteiger partial charge in [-0.05, 0) is 31.2 Å². The number of benzene rings is 1. The minimum atomic E-state index is -3.47. The molecule has 0 fully saturated rings. The topological polar surface area (TPSA) is 66.5 Å². The fourth-order valence-corrected chi connectivity index (χ4v) is 3.18. The van der Waals surface area contributed by atoms with Crippen molar-refractivity contribution in [2.24, 2.45) is 0 Å². The lowest BCUT2D eigenvalue weighted by molar-refractivity contribution is -0.115. The van der Waals surface area contributed by atoms with Crippen molar-refractivity contribution in [3.8, 4) is 0 Å². The van der Waals surface area contributed by atoms with E-state index in [1.807, 2.05) is 0 Å². The molecule has 5 nitrogen and oxygen atoms in total. The minimum Gasteiger partial charge on any atom is -0.325 e. The van der Waals surface area contributed by atoms with Crippen LogP contribution in [0.3, 0.4) is 0 Å². The Hall–Kier alpha value is -1.11. The van der Waals surface area contributed by atoms with E-state index in [0.29, 0.717) is 18.8 Å². The third-order valence-electron chi connectivity index (χ3n) is 2.83. The highest BCUT2D eigenvalue weighted by molar-refractivity contribution is 7.89. The Balaban J connectivity index is 2.94. The molecule has 0 aliphatic carbocycles. The highest BCUT2D eigenvalue weighted by atomic mass is 35.5. The number of anilines is 1. The van der Waals surface area contributed by atoms with E-state index >= 15 is 0 Å². The van der Waals surface area contributed by atoms with Crippen molar-refractivity contribution >= 4 is 33.2 Å². The van der Waals surface area contributed by atoms with Crippen LogP contribution in [0.4, 0.5) is 5.69 Å². The van der Waals surface area contributed by atoms with Crippen LogP contribution in [0.25, 0.3) is 0 Å². The fourth-order valence-electron chi connectivity index (χ4n) is 1.66. The van der Waals surface area contributed by atoms with Crippen LogP contribution >= 0.6 is 11.6 Å². The molecule has 0 saturated carbocycles. The number of alkyl halides is 1. The van der Waals surface area contributed by atoms with Gasteiger partial charge in [-0.3, -0.25) is 4.79 Å². The second-order valence-electron chi connectivity index (χ2n) is 4.22. The van der Waals surface area contributed by atoms with Gasteiger partial charge in [0.05, 0.1) is 4.90 Å². The predicted molar refractivity (Wildman–Crippen MR) is 80.5 cm³/mol. The Labute approximate surface area is 125 Å². The molecule has 0 aliphatic rings. The molecule has 1 N–H and O–H groups in total. The van der Waals surface area contributed by atoms with E-state index in [2.05, 4.69) is 5.32 Å². The summed E-state index contributed by atoms with van der Waals surface area (Å²) < 4.78 is 25.9. The summed E-state index contributed by atoms with van der Waals surface area (Å²) in [7, 11) is -3.47. The SMILES string of the molecule is CCN(CC)S(=O)(=O)c1ccc(NC(=O)[C@H](C)Cl)cc1. The first-order valence-corrected chi connectivity index (χ1v) is 8.25. The van der Waals surface area contributed by atoms with Crippen molar-refractivity contribution < 1.29 is 13.2 Å². The van der Waals surface area contributed by atoms with Crippen LogP contribution in [-0.4, -0.2) is 37.1 Å². The maximum Gasteiger partial charge on any atom is 0.243 e. The second kappa shape index (κ2) is 7.06. The second-order valence-corrected chi connectivity index (χ2v) is 6.81. The van der Waals surface area contributed by atoms with Crippen LogP contribution in [-0.2, 0) is 14.8 Å². The monoisotopic (exact) mass is 318 g/mol. The van der Waals surface area contributed by atoms with Crippen LogP contribution in [0.15, 0.2) is 29.2 Å². The molecule has 0 spiro atoms. The standard InChI is InChI=1S/C13H19ClN2O3S/c1-4-16(5-2)20(18,19)12-8-6-11(7-9-12)15-13(17)10(3)14/h6-10H,4-5H2,1-3H3,(H,15,17)/t10-/m0/s1. The van der Waals surface area contributed by atoms with Gasteiger partial charge >= 0.3 is 0 Å². The van der Waals surface area contributed by atoms with Gasteiger partial charge < -0.3 is 5.32 Å². The summed E-state index contributed by atoms with van der Waals surface area (Å²) in [6, 6.07) is 6.05. The van der Waals surface area contributed by atoms with Gasteiger partial charge in [0, 0.05) is 18.8 Å². The van der Waals surface area contributed by atoms with Crippen LogP contribution in [0.5, 0.6) is 0 Å². The summed E-state index contributed by atoms with van der Waals surface area (Å²) in [5.74, 6) is -0.328. The molecule has 20 heavy (non-hydrogen) atoms. The number of carbonyl (C=O) groups is 1.